The van der Waals surface area contributed by atoms with Crippen molar-refractivity contribution in [1.29, 1.82) is 0 Å². The number of halogens is 1. The number of anilines is 2. The molecular formula is C17H21ClN4O. The largest absolute Gasteiger partial charge is 0.393 e. The molecule has 5 nitrogen and oxygen atoms in total. The molecule has 3 rings (SSSR count). The maximum absolute atomic E-state index is 9.59. The maximum atomic E-state index is 9.59. The van der Waals surface area contributed by atoms with E-state index < -0.39 is 0 Å². The van der Waals surface area contributed by atoms with Gasteiger partial charge in [-0.3, -0.25) is 0 Å². The SMILES string of the molecule is OC1CCN(c2ccnc(NCCc3ccccc3Cl)n2)CC1. The molecule has 0 unspecified atom stereocenters. The summed E-state index contributed by atoms with van der Waals surface area (Å²) in [4.78, 5) is 11.0. The summed E-state index contributed by atoms with van der Waals surface area (Å²) in [6.07, 6.45) is 3.99. The van der Waals surface area contributed by atoms with Crippen molar-refractivity contribution in [3.63, 3.8) is 0 Å². The molecule has 23 heavy (non-hydrogen) atoms. The highest BCUT2D eigenvalue weighted by Crippen LogP contribution is 2.19. The van der Waals surface area contributed by atoms with Crippen molar-refractivity contribution in [3.05, 3.63) is 47.1 Å². The van der Waals surface area contributed by atoms with E-state index in [0.717, 1.165) is 55.3 Å². The number of hydrogen-bond acceptors (Lipinski definition) is 5. The van der Waals surface area contributed by atoms with Crippen molar-refractivity contribution in [2.24, 2.45) is 0 Å². The number of benzene rings is 1. The van der Waals surface area contributed by atoms with Crippen LogP contribution in [-0.4, -0.2) is 40.8 Å². The van der Waals surface area contributed by atoms with Gasteiger partial charge in [0.15, 0.2) is 0 Å². The number of nitrogens with zero attached hydrogens (tertiary/aromatic N) is 3. The van der Waals surface area contributed by atoms with E-state index in [0.29, 0.717) is 5.95 Å². The number of rotatable bonds is 5. The zero-order chi connectivity index (χ0) is 16.1. The standard InChI is InChI=1S/C17H21ClN4O/c18-15-4-2-1-3-13(15)5-9-19-17-20-10-6-16(21-17)22-11-7-14(23)8-12-22/h1-4,6,10,14,23H,5,7-9,11-12H2,(H,19,20,21). The van der Waals surface area contributed by atoms with Gasteiger partial charge in [-0.25, -0.2) is 4.98 Å². The van der Waals surface area contributed by atoms with Crippen LogP contribution in [0.15, 0.2) is 36.5 Å². The number of piperidine rings is 1. The number of aromatic nitrogens is 2. The second-order valence-corrected chi connectivity index (χ2v) is 6.13. The molecule has 2 aromatic rings. The van der Waals surface area contributed by atoms with Crippen LogP contribution in [0.5, 0.6) is 0 Å². The fourth-order valence-electron chi connectivity index (χ4n) is 2.72. The van der Waals surface area contributed by atoms with Crippen LogP contribution in [0.3, 0.4) is 0 Å². The molecule has 6 heteroatoms. The van der Waals surface area contributed by atoms with Crippen LogP contribution in [0.25, 0.3) is 0 Å². The first kappa shape index (κ1) is 16.0. The Labute approximate surface area is 141 Å². The minimum absolute atomic E-state index is 0.179. The average molecular weight is 333 g/mol. The lowest BCUT2D eigenvalue weighted by Crippen LogP contribution is -2.36. The van der Waals surface area contributed by atoms with Crippen molar-refractivity contribution in [2.75, 3.05) is 29.9 Å². The van der Waals surface area contributed by atoms with Crippen LogP contribution in [0.2, 0.25) is 5.02 Å². The molecular weight excluding hydrogens is 312 g/mol. The number of nitrogens with one attached hydrogen (secondary N) is 1. The molecule has 1 aromatic carbocycles. The van der Waals surface area contributed by atoms with E-state index >= 15 is 0 Å². The quantitative estimate of drug-likeness (QED) is 0.881. The minimum atomic E-state index is -0.179. The molecule has 0 bridgehead atoms. The second kappa shape index (κ2) is 7.62. The van der Waals surface area contributed by atoms with E-state index in [1.807, 2.05) is 30.3 Å². The maximum Gasteiger partial charge on any atom is 0.224 e. The molecule has 0 radical (unpaired) electrons. The molecule has 0 amide bonds. The lowest BCUT2D eigenvalue weighted by Gasteiger charge is -2.30. The molecule has 122 valence electrons. The fraction of sp³-hybridized carbons (Fsp3) is 0.412. The third-order valence-electron chi connectivity index (χ3n) is 4.06. The normalized spacial score (nSPS) is 15.7. The minimum Gasteiger partial charge on any atom is -0.393 e. The van der Waals surface area contributed by atoms with Crippen LogP contribution in [0, 0.1) is 0 Å². The summed E-state index contributed by atoms with van der Waals surface area (Å²) in [7, 11) is 0. The first-order valence-corrected chi connectivity index (χ1v) is 8.33. The summed E-state index contributed by atoms with van der Waals surface area (Å²) in [6.45, 7) is 2.39. The molecule has 0 spiro atoms. The average Bonchev–Trinajstić information content (AvgIpc) is 2.58. The Bertz CT molecular complexity index is 644. The van der Waals surface area contributed by atoms with E-state index in [9.17, 15) is 5.11 Å². The monoisotopic (exact) mass is 332 g/mol. The van der Waals surface area contributed by atoms with Gasteiger partial charge in [-0.2, -0.15) is 4.98 Å². The van der Waals surface area contributed by atoms with E-state index in [4.69, 9.17) is 11.6 Å². The highest BCUT2D eigenvalue weighted by molar-refractivity contribution is 6.31. The molecule has 2 heterocycles. The van der Waals surface area contributed by atoms with Crippen molar-refractivity contribution < 1.29 is 5.11 Å². The summed E-state index contributed by atoms with van der Waals surface area (Å²) in [5.74, 6) is 1.54. The summed E-state index contributed by atoms with van der Waals surface area (Å²) in [5, 5.41) is 13.6. The molecule has 1 aliphatic heterocycles. The zero-order valence-electron chi connectivity index (χ0n) is 13.0. The Kier molecular flexibility index (Phi) is 5.31. The van der Waals surface area contributed by atoms with E-state index in [-0.39, 0.29) is 6.10 Å². The first-order chi connectivity index (χ1) is 11.2. The highest BCUT2D eigenvalue weighted by Gasteiger charge is 2.18. The van der Waals surface area contributed by atoms with Gasteiger partial charge >= 0.3 is 0 Å². The van der Waals surface area contributed by atoms with Crippen molar-refractivity contribution in [2.45, 2.75) is 25.4 Å². The lowest BCUT2D eigenvalue weighted by molar-refractivity contribution is 0.145. The summed E-state index contributed by atoms with van der Waals surface area (Å²) in [6, 6.07) is 9.76. The molecule has 0 aliphatic carbocycles. The van der Waals surface area contributed by atoms with Gasteiger partial charge in [0.2, 0.25) is 5.95 Å². The van der Waals surface area contributed by atoms with Gasteiger partial charge < -0.3 is 15.3 Å². The van der Waals surface area contributed by atoms with Crippen molar-refractivity contribution >= 4 is 23.4 Å². The molecule has 2 N–H and O–H groups in total. The van der Waals surface area contributed by atoms with Gasteiger partial charge in [0, 0.05) is 30.9 Å². The topological polar surface area (TPSA) is 61.3 Å². The van der Waals surface area contributed by atoms with Gasteiger partial charge in [0.05, 0.1) is 6.10 Å². The third-order valence-corrected chi connectivity index (χ3v) is 4.43. The number of aliphatic hydroxyl groups excluding tert-OH is 1. The van der Waals surface area contributed by atoms with Gasteiger partial charge in [-0.15, -0.1) is 0 Å². The van der Waals surface area contributed by atoms with Gasteiger partial charge in [0.25, 0.3) is 0 Å². The molecule has 1 saturated heterocycles. The van der Waals surface area contributed by atoms with Crippen molar-refractivity contribution in [1.82, 2.24) is 9.97 Å². The number of hydrogen-bond donors (Lipinski definition) is 2. The Balaban J connectivity index is 1.56. The van der Waals surface area contributed by atoms with Crippen LogP contribution in [0.4, 0.5) is 11.8 Å². The predicted octanol–water partition coefficient (Wildman–Crippen LogP) is 2.75. The molecule has 1 aromatic heterocycles. The third kappa shape index (κ3) is 4.33. The summed E-state index contributed by atoms with van der Waals surface area (Å²) < 4.78 is 0. The molecule has 1 aliphatic rings. The van der Waals surface area contributed by atoms with E-state index in [1.54, 1.807) is 6.20 Å². The first-order valence-electron chi connectivity index (χ1n) is 7.96. The van der Waals surface area contributed by atoms with Crippen molar-refractivity contribution in [3.8, 4) is 0 Å². The van der Waals surface area contributed by atoms with Gasteiger partial charge in [0.1, 0.15) is 5.82 Å². The fourth-order valence-corrected chi connectivity index (χ4v) is 2.95. The molecule has 0 saturated carbocycles. The summed E-state index contributed by atoms with van der Waals surface area (Å²) >= 11 is 6.16. The second-order valence-electron chi connectivity index (χ2n) is 5.72. The smallest absolute Gasteiger partial charge is 0.224 e. The van der Waals surface area contributed by atoms with Crippen LogP contribution < -0.4 is 10.2 Å². The van der Waals surface area contributed by atoms with Crippen LogP contribution >= 0.6 is 11.6 Å². The van der Waals surface area contributed by atoms with Gasteiger partial charge in [-0.1, -0.05) is 29.8 Å². The van der Waals surface area contributed by atoms with E-state index in [2.05, 4.69) is 20.2 Å². The predicted molar refractivity (Wildman–Crippen MR) is 93.1 cm³/mol. The van der Waals surface area contributed by atoms with E-state index in [1.165, 1.54) is 0 Å². The highest BCUT2D eigenvalue weighted by atomic mass is 35.5. The molecule has 0 atom stereocenters. The molecule has 1 fully saturated rings. The number of aliphatic hydroxyl groups is 1. The lowest BCUT2D eigenvalue weighted by atomic mass is 10.1. The van der Waals surface area contributed by atoms with Crippen LogP contribution in [0.1, 0.15) is 18.4 Å². The summed E-state index contributed by atoms with van der Waals surface area (Å²) in [5.41, 5.74) is 1.11. The van der Waals surface area contributed by atoms with Gasteiger partial charge in [-0.05, 0) is 37.0 Å². The zero-order valence-corrected chi connectivity index (χ0v) is 13.7. The Hall–Kier alpha value is -1.85. The Morgan fingerprint density at radius 3 is 2.78 bits per heavy atom. The Morgan fingerprint density at radius 2 is 2.00 bits per heavy atom. The Morgan fingerprint density at radius 1 is 1.22 bits per heavy atom. The van der Waals surface area contributed by atoms with Crippen LogP contribution in [-0.2, 0) is 6.42 Å².